The maximum Gasteiger partial charge on any atom is 0.211 e. The third kappa shape index (κ3) is 5.89. The SMILES string of the molecule is C=C1CC(C2CCN(S(C)(=O)=O)CC2)c2ccc(Cl)cc2C=C1CCCN1CCN(C)C=C1C. The fourth-order valence-electron chi connectivity index (χ4n) is 5.75. The maximum atomic E-state index is 12.0. The number of fused-ring (bicyclic) bond motifs is 1. The lowest BCUT2D eigenvalue weighted by molar-refractivity contribution is 0.243. The minimum absolute atomic E-state index is 0.345. The van der Waals surface area contributed by atoms with Gasteiger partial charge in [0.1, 0.15) is 0 Å². The van der Waals surface area contributed by atoms with Gasteiger partial charge in [-0.05, 0) is 79.7 Å². The zero-order valence-corrected chi connectivity index (χ0v) is 22.3. The fraction of sp³-hybridized carbons (Fsp3) is 0.556. The topological polar surface area (TPSA) is 43.9 Å². The molecule has 1 unspecified atom stereocenters. The van der Waals surface area contributed by atoms with Crippen LogP contribution in [0.5, 0.6) is 0 Å². The summed E-state index contributed by atoms with van der Waals surface area (Å²) in [5, 5.41) is 0.755. The van der Waals surface area contributed by atoms with Crippen molar-refractivity contribution >= 4 is 27.7 Å². The average molecular weight is 504 g/mol. The number of nitrogens with zero attached hydrogens (tertiary/aromatic N) is 3. The van der Waals surface area contributed by atoms with Gasteiger partial charge in [-0.15, -0.1) is 0 Å². The van der Waals surface area contributed by atoms with Crippen LogP contribution in [-0.4, -0.2) is 68.6 Å². The van der Waals surface area contributed by atoms with Gasteiger partial charge >= 0.3 is 0 Å². The Kier molecular flexibility index (Phi) is 7.80. The van der Waals surface area contributed by atoms with Crippen LogP contribution in [0, 0.1) is 5.92 Å². The summed E-state index contributed by atoms with van der Waals surface area (Å²) in [7, 11) is -0.992. The second-order valence-electron chi connectivity index (χ2n) is 10.2. The van der Waals surface area contributed by atoms with Crippen molar-refractivity contribution in [1.82, 2.24) is 14.1 Å². The zero-order chi connectivity index (χ0) is 24.5. The molecule has 0 aromatic heterocycles. The quantitative estimate of drug-likeness (QED) is 0.526. The molecular weight excluding hydrogens is 466 g/mol. The first-order valence-corrected chi connectivity index (χ1v) is 14.6. The van der Waals surface area contributed by atoms with Gasteiger partial charge in [-0.1, -0.05) is 35.9 Å². The Labute approximate surface area is 210 Å². The molecule has 34 heavy (non-hydrogen) atoms. The maximum absolute atomic E-state index is 12.0. The first-order chi connectivity index (χ1) is 16.1. The van der Waals surface area contributed by atoms with Gasteiger partial charge in [-0.2, -0.15) is 0 Å². The third-order valence-electron chi connectivity index (χ3n) is 7.74. The molecule has 2 heterocycles. The predicted molar refractivity (Wildman–Crippen MR) is 142 cm³/mol. The molecule has 186 valence electrons. The second kappa shape index (κ2) is 10.5. The molecule has 0 radical (unpaired) electrons. The van der Waals surface area contributed by atoms with E-state index in [4.69, 9.17) is 11.6 Å². The molecule has 7 heteroatoms. The van der Waals surface area contributed by atoms with Crippen LogP contribution in [0.3, 0.4) is 0 Å². The zero-order valence-electron chi connectivity index (χ0n) is 20.8. The summed E-state index contributed by atoms with van der Waals surface area (Å²) in [6.07, 6.45) is 10.6. The van der Waals surface area contributed by atoms with Crippen LogP contribution in [0.2, 0.25) is 5.02 Å². The Bertz CT molecular complexity index is 1090. The van der Waals surface area contributed by atoms with E-state index in [0.717, 1.165) is 56.8 Å². The number of likely N-dealkylation sites (N-methyl/N-ethyl adjacent to an activating group) is 1. The van der Waals surface area contributed by atoms with E-state index >= 15 is 0 Å². The summed E-state index contributed by atoms with van der Waals surface area (Å²) in [5.41, 5.74) is 6.41. The number of sulfonamides is 1. The largest absolute Gasteiger partial charge is 0.377 e. The Morgan fingerprint density at radius 1 is 1.15 bits per heavy atom. The van der Waals surface area contributed by atoms with E-state index in [1.807, 2.05) is 6.07 Å². The lowest BCUT2D eigenvalue weighted by Crippen LogP contribution is -2.39. The van der Waals surface area contributed by atoms with Gasteiger partial charge in [0.2, 0.25) is 10.0 Å². The van der Waals surface area contributed by atoms with Crippen molar-refractivity contribution in [2.24, 2.45) is 5.92 Å². The number of halogens is 1. The van der Waals surface area contributed by atoms with E-state index in [0.29, 0.717) is 24.9 Å². The van der Waals surface area contributed by atoms with Crippen molar-refractivity contribution in [1.29, 1.82) is 0 Å². The lowest BCUT2D eigenvalue weighted by Gasteiger charge is -2.35. The molecule has 2 aliphatic heterocycles. The first kappa shape index (κ1) is 25.3. The lowest BCUT2D eigenvalue weighted by atomic mass is 9.76. The van der Waals surface area contributed by atoms with Gasteiger partial charge in [0.15, 0.2) is 0 Å². The first-order valence-electron chi connectivity index (χ1n) is 12.4. The van der Waals surface area contributed by atoms with Gasteiger partial charge in [-0.3, -0.25) is 0 Å². The molecule has 0 saturated carbocycles. The summed E-state index contributed by atoms with van der Waals surface area (Å²) in [6, 6.07) is 6.25. The second-order valence-corrected chi connectivity index (χ2v) is 12.6. The van der Waals surface area contributed by atoms with Crippen LogP contribution in [0.4, 0.5) is 0 Å². The van der Waals surface area contributed by atoms with Crippen molar-refractivity contribution in [3.8, 4) is 0 Å². The molecule has 1 aromatic carbocycles. The minimum atomic E-state index is -3.12. The Morgan fingerprint density at radius 3 is 2.56 bits per heavy atom. The van der Waals surface area contributed by atoms with Crippen LogP contribution < -0.4 is 0 Å². The van der Waals surface area contributed by atoms with Crippen LogP contribution in [0.25, 0.3) is 6.08 Å². The molecule has 1 aliphatic carbocycles. The number of hydrogen-bond donors (Lipinski definition) is 0. The Balaban J connectivity index is 1.48. The van der Waals surface area contributed by atoms with E-state index < -0.39 is 10.0 Å². The van der Waals surface area contributed by atoms with Crippen LogP contribution in [0.1, 0.15) is 56.1 Å². The summed E-state index contributed by atoms with van der Waals surface area (Å²) in [4.78, 5) is 4.73. The monoisotopic (exact) mass is 503 g/mol. The van der Waals surface area contributed by atoms with E-state index in [2.05, 4.69) is 54.8 Å². The number of piperidine rings is 1. The van der Waals surface area contributed by atoms with Gasteiger partial charge < -0.3 is 9.80 Å². The van der Waals surface area contributed by atoms with Gasteiger partial charge in [0, 0.05) is 56.7 Å². The normalized spacial score (nSPS) is 22.8. The molecule has 5 nitrogen and oxygen atoms in total. The molecule has 1 saturated heterocycles. The smallest absolute Gasteiger partial charge is 0.211 e. The van der Waals surface area contributed by atoms with E-state index in [1.165, 1.54) is 34.2 Å². The fourth-order valence-corrected chi connectivity index (χ4v) is 6.81. The Morgan fingerprint density at radius 2 is 1.88 bits per heavy atom. The Hall–Kier alpha value is -1.76. The molecule has 0 N–H and O–H groups in total. The average Bonchev–Trinajstić information content (AvgIpc) is 2.91. The molecule has 0 bridgehead atoms. The van der Waals surface area contributed by atoms with Gasteiger partial charge in [0.05, 0.1) is 6.26 Å². The van der Waals surface area contributed by atoms with E-state index in [-0.39, 0.29) is 0 Å². The van der Waals surface area contributed by atoms with Crippen molar-refractivity contribution in [2.75, 3.05) is 46.0 Å². The number of rotatable bonds is 6. The van der Waals surface area contributed by atoms with Crippen molar-refractivity contribution in [2.45, 2.75) is 44.9 Å². The van der Waals surface area contributed by atoms with Crippen LogP contribution >= 0.6 is 11.6 Å². The highest BCUT2D eigenvalue weighted by Gasteiger charge is 2.33. The third-order valence-corrected chi connectivity index (χ3v) is 9.28. The summed E-state index contributed by atoms with van der Waals surface area (Å²) in [6.45, 7) is 11.1. The summed E-state index contributed by atoms with van der Waals surface area (Å²) >= 11 is 6.41. The van der Waals surface area contributed by atoms with Gasteiger partial charge in [-0.25, -0.2) is 12.7 Å². The molecule has 3 aliphatic rings. The highest BCUT2D eigenvalue weighted by molar-refractivity contribution is 7.88. The van der Waals surface area contributed by atoms with Crippen molar-refractivity contribution < 1.29 is 8.42 Å². The molecule has 4 rings (SSSR count). The summed E-state index contributed by atoms with van der Waals surface area (Å²) < 4.78 is 25.6. The predicted octanol–water partition coefficient (Wildman–Crippen LogP) is 5.33. The van der Waals surface area contributed by atoms with Gasteiger partial charge in [0.25, 0.3) is 0 Å². The number of hydrogen-bond acceptors (Lipinski definition) is 4. The standard InChI is InChI=1S/C27H38ClN3O2S/c1-20-16-27(22-9-12-31(13-10-22)34(4,32)33)26-8-7-25(28)18-24(26)17-23(20)6-5-11-30-15-14-29(3)19-21(30)2/h7-8,17-19,22,27H,1,5-6,9-16H2,2-4H3. The summed E-state index contributed by atoms with van der Waals surface area (Å²) in [5.74, 6) is 0.790. The number of benzene rings is 1. The highest BCUT2D eigenvalue weighted by atomic mass is 35.5. The highest BCUT2D eigenvalue weighted by Crippen LogP contribution is 2.44. The van der Waals surface area contributed by atoms with E-state index in [9.17, 15) is 8.42 Å². The molecular formula is C27H38ClN3O2S. The van der Waals surface area contributed by atoms with Crippen molar-refractivity contribution in [3.63, 3.8) is 0 Å². The number of allylic oxidation sites excluding steroid dienone is 3. The van der Waals surface area contributed by atoms with E-state index in [1.54, 1.807) is 4.31 Å². The molecule has 1 fully saturated rings. The van der Waals surface area contributed by atoms with Crippen LogP contribution in [0.15, 0.2) is 47.8 Å². The van der Waals surface area contributed by atoms with Crippen LogP contribution in [-0.2, 0) is 10.0 Å². The van der Waals surface area contributed by atoms with Crippen molar-refractivity contribution in [3.05, 3.63) is 64.0 Å². The molecule has 0 spiro atoms. The minimum Gasteiger partial charge on any atom is -0.377 e. The molecule has 1 atom stereocenters. The molecule has 0 amide bonds. The molecule has 1 aromatic rings.